The molecule has 0 fully saturated rings. The first-order valence-electron chi connectivity index (χ1n) is 5.59. The van der Waals surface area contributed by atoms with Gasteiger partial charge in [0.1, 0.15) is 0 Å². The normalized spacial score (nSPS) is 12.2. The van der Waals surface area contributed by atoms with Crippen molar-refractivity contribution in [2.75, 3.05) is 0 Å². The molecule has 0 N–H and O–H groups in total. The molecule has 0 aliphatic rings. The highest BCUT2D eigenvalue weighted by atomic mass is 19.4. The Kier molecular flexibility index (Phi) is 2.50. The van der Waals surface area contributed by atoms with Crippen LogP contribution in [-0.2, 0) is 13.2 Å². The number of aromatic nitrogens is 4. The molecule has 0 amide bonds. The lowest BCUT2D eigenvalue weighted by atomic mass is 10.2. The smallest absolute Gasteiger partial charge is 0.285 e. The first-order chi connectivity index (χ1) is 9.38. The summed E-state index contributed by atoms with van der Waals surface area (Å²) in [5, 5.41) is 3.26. The molecule has 5 nitrogen and oxygen atoms in total. The van der Waals surface area contributed by atoms with Crippen molar-refractivity contribution in [3.8, 4) is 0 Å². The summed E-state index contributed by atoms with van der Waals surface area (Å²) in [6, 6.07) is 6.62. The average Bonchev–Trinajstić information content (AvgIpc) is 2.40. The molecule has 3 aromatic rings. The Hall–Kier alpha value is -2.51. The Morgan fingerprint density at radius 3 is 2.30 bits per heavy atom. The molecule has 3 rings (SSSR count). The van der Waals surface area contributed by atoms with Crippen molar-refractivity contribution in [1.82, 2.24) is 19.7 Å². The quantitative estimate of drug-likeness (QED) is 0.590. The van der Waals surface area contributed by atoms with Gasteiger partial charge in [0.15, 0.2) is 11.2 Å². The van der Waals surface area contributed by atoms with E-state index in [4.69, 9.17) is 0 Å². The summed E-state index contributed by atoms with van der Waals surface area (Å²) in [6.45, 7) is 0. The lowest BCUT2D eigenvalue weighted by Crippen LogP contribution is -2.26. The molecule has 2 aromatic heterocycles. The summed E-state index contributed by atoms with van der Waals surface area (Å²) >= 11 is 0. The average molecular weight is 280 g/mol. The SMILES string of the molecule is Cn1nc(C(F)(F)F)c(=O)c2nc3ccccc3nc21. The van der Waals surface area contributed by atoms with Crippen LogP contribution in [-0.4, -0.2) is 19.7 Å². The van der Waals surface area contributed by atoms with Gasteiger partial charge in [-0.2, -0.15) is 18.3 Å². The van der Waals surface area contributed by atoms with E-state index in [0.29, 0.717) is 11.0 Å². The van der Waals surface area contributed by atoms with Gasteiger partial charge >= 0.3 is 6.18 Å². The minimum absolute atomic E-state index is 0.0155. The van der Waals surface area contributed by atoms with Crippen LogP contribution in [0.4, 0.5) is 13.2 Å². The topological polar surface area (TPSA) is 60.7 Å². The highest BCUT2D eigenvalue weighted by Gasteiger charge is 2.37. The zero-order valence-electron chi connectivity index (χ0n) is 10.1. The first-order valence-corrected chi connectivity index (χ1v) is 5.59. The van der Waals surface area contributed by atoms with E-state index < -0.39 is 17.3 Å². The van der Waals surface area contributed by atoms with Gasteiger partial charge in [0, 0.05) is 7.05 Å². The van der Waals surface area contributed by atoms with Gasteiger partial charge in [-0.05, 0) is 12.1 Å². The van der Waals surface area contributed by atoms with E-state index in [1.807, 2.05) is 0 Å². The van der Waals surface area contributed by atoms with E-state index >= 15 is 0 Å². The highest BCUT2D eigenvalue weighted by molar-refractivity contribution is 5.84. The molecule has 8 heteroatoms. The van der Waals surface area contributed by atoms with Crippen molar-refractivity contribution in [2.24, 2.45) is 7.05 Å². The second kappa shape index (κ2) is 3.99. The Morgan fingerprint density at radius 1 is 1.10 bits per heavy atom. The predicted octanol–water partition coefficient (Wildman–Crippen LogP) is 1.90. The second-order valence-electron chi connectivity index (χ2n) is 4.18. The van der Waals surface area contributed by atoms with Crippen LogP contribution in [0.5, 0.6) is 0 Å². The summed E-state index contributed by atoms with van der Waals surface area (Å²) in [5.41, 5.74) is -2.23. The van der Waals surface area contributed by atoms with Gasteiger partial charge < -0.3 is 0 Å². The van der Waals surface area contributed by atoms with E-state index in [1.54, 1.807) is 24.3 Å². The maximum atomic E-state index is 12.7. The maximum absolute atomic E-state index is 12.7. The fourth-order valence-corrected chi connectivity index (χ4v) is 1.91. The van der Waals surface area contributed by atoms with Crippen molar-refractivity contribution < 1.29 is 13.2 Å². The number of rotatable bonds is 0. The Labute approximate surface area is 109 Å². The molecule has 0 spiro atoms. The van der Waals surface area contributed by atoms with Crippen molar-refractivity contribution in [3.63, 3.8) is 0 Å². The highest BCUT2D eigenvalue weighted by Crippen LogP contribution is 2.25. The van der Waals surface area contributed by atoms with Crippen LogP contribution in [0.3, 0.4) is 0 Å². The maximum Gasteiger partial charge on any atom is 0.439 e. The molecule has 102 valence electrons. The number of halogens is 3. The number of hydrogen-bond donors (Lipinski definition) is 0. The molecule has 0 aliphatic carbocycles. The third-order valence-corrected chi connectivity index (χ3v) is 2.81. The molecular weight excluding hydrogens is 273 g/mol. The number of alkyl halides is 3. The van der Waals surface area contributed by atoms with Gasteiger partial charge in [-0.15, -0.1) is 0 Å². The Bertz CT molecular complexity index is 885. The third kappa shape index (κ3) is 1.80. The van der Waals surface area contributed by atoms with Crippen LogP contribution in [0, 0.1) is 0 Å². The minimum Gasteiger partial charge on any atom is -0.285 e. The molecule has 1 aromatic carbocycles. The second-order valence-corrected chi connectivity index (χ2v) is 4.18. The molecule has 0 atom stereocenters. The van der Waals surface area contributed by atoms with Gasteiger partial charge in [-0.1, -0.05) is 12.1 Å². The number of fused-ring (bicyclic) bond motifs is 2. The molecule has 0 radical (unpaired) electrons. The molecule has 0 unspecified atom stereocenters. The number of hydrogen-bond acceptors (Lipinski definition) is 4. The summed E-state index contributed by atoms with van der Waals surface area (Å²) in [5.74, 6) is 0. The van der Waals surface area contributed by atoms with E-state index in [-0.39, 0.29) is 11.2 Å². The molecule has 0 saturated heterocycles. The van der Waals surface area contributed by atoms with Gasteiger partial charge in [-0.25, -0.2) is 14.6 Å². The number of para-hydroxylation sites is 2. The molecule has 0 bridgehead atoms. The first kappa shape index (κ1) is 12.5. The lowest BCUT2D eigenvalue weighted by Gasteiger charge is -2.09. The zero-order chi connectivity index (χ0) is 14.5. The predicted molar refractivity (Wildman–Crippen MR) is 65.1 cm³/mol. The molecule has 20 heavy (non-hydrogen) atoms. The lowest BCUT2D eigenvalue weighted by molar-refractivity contribution is -0.142. The van der Waals surface area contributed by atoms with Crippen LogP contribution >= 0.6 is 0 Å². The summed E-state index contributed by atoms with van der Waals surface area (Å²) in [6.07, 6.45) is -4.82. The summed E-state index contributed by atoms with van der Waals surface area (Å²) in [4.78, 5) is 20.0. The van der Waals surface area contributed by atoms with Gasteiger partial charge in [0.25, 0.3) is 0 Å². The Morgan fingerprint density at radius 2 is 1.70 bits per heavy atom. The van der Waals surface area contributed by atoms with Gasteiger partial charge in [-0.3, -0.25) is 4.79 Å². The van der Waals surface area contributed by atoms with Crippen molar-refractivity contribution in [2.45, 2.75) is 6.18 Å². The van der Waals surface area contributed by atoms with Crippen LogP contribution in [0.1, 0.15) is 5.69 Å². The standard InChI is InChI=1S/C12H7F3N4O/c1-19-11-8(9(20)10(18-19)12(13,14)15)16-6-4-2-3-5-7(6)17-11/h2-5H,1H3. The van der Waals surface area contributed by atoms with E-state index in [1.165, 1.54) is 7.05 Å². The summed E-state index contributed by atoms with van der Waals surface area (Å²) < 4.78 is 39.2. The molecular formula is C12H7F3N4O. The number of nitrogens with zero attached hydrogens (tertiary/aromatic N) is 4. The van der Waals surface area contributed by atoms with Crippen LogP contribution in [0.15, 0.2) is 29.1 Å². The molecule has 0 aliphatic heterocycles. The van der Waals surface area contributed by atoms with Crippen LogP contribution in [0.25, 0.3) is 22.2 Å². The fraction of sp³-hybridized carbons (Fsp3) is 0.167. The minimum atomic E-state index is -4.82. The van der Waals surface area contributed by atoms with E-state index in [0.717, 1.165) is 4.68 Å². The van der Waals surface area contributed by atoms with Crippen LogP contribution in [0.2, 0.25) is 0 Å². The zero-order valence-corrected chi connectivity index (χ0v) is 10.1. The monoisotopic (exact) mass is 280 g/mol. The number of aryl methyl sites for hydroxylation is 1. The largest absolute Gasteiger partial charge is 0.439 e. The van der Waals surface area contributed by atoms with Crippen molar-refractivity contribution >= 4 is 22.2 Å². The summed E-state index contributed by atoms with van der Waals surface area (Å²) in [7, 11) is 1.29. The fourth-order valence-electron chi connectivity index (χ4n) is 1.91. The van der Waals surface area contributed by atoms with Gasteiger partial charge in [0.2, 0.25) is 11.1 Å². The molecule has 2 heterocycles. The molecule has 0 saturated carbocycles. The number of benzene rings is 1. The van der Waals surface area contributed by atoms with E-state index in [9.17, 15) is 18.0 Å². The third-order valence-electron chi connectivity index (χ3n) is 2.81. The van der Waals surface area contributed by atoms with Crippen LogP contribution < -0.4 is 5.43 Å². The van der Waals surface area contributed by atoms with Gasteiger partial charge in [0.05, 0.1) is 11.0 Å². The van der Waals surface area contributed by atoms with Crippen molar-refractivity contribution in [1.29, 1.82) is 0 Å². The van der Waals surface area contributed by atoms with E-state index in [2.05, 4.69) is 15.1 Å². The Balaban J connectivity index is 2.50. The van der Waals surface area contributed by atoms with Crippen molar-refractivity contribution in [3.05, 3.63) is 40.2 Å².